The van der Waals surface area contributed by atoms with Crippen molar-refractivity contribution in [1.82, 2.24) is 0 Å². The fourth-order valence-corrected chi connectivity index (χ4v) is 6.15. The molecule has 2 heterocycles. The van der Waals surface area contributed by atoms with Gasteiger partial charge in [0.1, 0.15) is 23.0 Å². The Bertz CT molecular complexity index is 1560. The van der Waals surface area contributed by atoms with Crippen molar-refractivity contribution in [1.29, 1.82) is 0 Å². The maximum absolute atomic E-state index is 13.8. The Morgan fingerprint density at radius 3 is 2.44 bits per heavy atom. The molecular formula is C32H33NO6. The van der Waals surface area contributed by atoms with Crippen molar-refractivity contribution >= 4 is 39.5 Å². The van der Waals surface area contributed by atoms with E-state index in [1.807, 2.05) is 48.5 Å². The molecule has 3 aromatic carbocycles. The molecule has 2 aliphatic rings. The number of anilines is 1. The number of nitrogens with zero attached hydrogens (tertiary/aromatic N) is 1. The molecule has 39 heavy (non-hydrogen) atoms. The molecule has 1 fully saturated rings. The maximum Gasteiger partial charge on any atom is 0.342 e. The number of hydrogen-bond acceptors (Lipinski definition) is 6. The number of cyclic esters (lactones) is 1. The Kier molecular flexibility index (Phi) is 6.55. The summed E-state index contributed by atoms with van der Waals surface area (Å²) in [5.74, 6) is 0.884. The normalized spacial score (nSPS) is 22.0. The zero-order valence-corrected chi connectivity index (χ0v) is 22.7. The van der Waals surface area contributed by atoms with Gasteiger partial charge in [0.05, 0.1) is 18.4 Å². The zero-order valence-electron chi connectivity index (χ0n) is 22.7. The van der Waals surface area contributed by atoms with Crippen LogP contribution in [0.3, 0.4) is 0 Å². The minimum atomic E-state index is -0.675. The first-order valence-electron chi connectivity index (χ1n) is 13.6. The lowest BCUT2D eigenvalue weighted by Gasteiger charge is -2.37. The fraction of sp³-hybridized carbons (Fsp3) is 0.375. The summed E-state index contributed by atoms with van der Waals surface area (Å²) >= 11 is 0. The first kappa shape index (κ1) is 25.4. The van der Waals surface area contributed by atoms with Crippen molar-refractivity contribution in [2.75, 3.05) is 19.1 Å². The van der Waals surface area contributed by atoms with Gasteiger partial charge in [-0.15, -0.1) is 0 Å². The molecule has 7 nitrogen and oxygen atoms in total. The number of furan rings is 1. The van der Waals surface area contributed by atoms with Gasteiger partial charge in [0.2, 0.25) is 5.91 Å². The monoisotopic (exact) mass is 527 g/mol. The van der Waals surface area contributed by atoms with Gasteiger partial charge in [0, 0.05) is 29.4 Å². The standard InChI is InChI=1S/C32H33NO6/c1-18-9-11-20(12-10-18)31(34)33-19(2)38-32(35)25-17-29-24(16-26(25)33)23-15-21(13-14-28(23)39-29)30(37-4)22-7-5-6-8-27(22)36-3/h5-8,13-20,30H,9-12H2,1-4H3/t18-,19?,20-,30?. The van der Waals surface area contributed by atoms with Crippen LogP contribution < -0.4 is 9.64 Å². The number of amides is 1. The fourth-order valence-electron chi connectivity index (χ4n) is 6.15. The van der Waals surface area contributed by atoms with Gasteiger partial charge in [-0.3, -0.25) is 9.69 Å². The topological polar surface area (TPSA) is 78.2 Å². The van der Waals surface area contributed by atoms with Gasteiger partial charge in [-0.25, -0.2) is 4.79 Å². The molecular weight excluding hydrogens is 494 g/mol. The average molecular weight is 528 g/mol. The summed E-state index contributed by atoms with van der Waals surface area (Å²) < 4.78 is 23.3. The molecule has 6 rings (SSSR count). The van der Waals surface area contributed by atoms with E-state index in [0.717, 1.165) is 53.3 Å². The maximum atomic E-state index is 13.8. The van der Waals surface area contributed by atoms with Crippen molar-refractivity contribution in [2.45, 2.75) is 51.9 Å². The molecule has 2 atom stereocenters. The quantitative estimate of drug-likeness (QED) is 0.260. The number of methoxy groups -OCH3 is 2. The van der Waals surface area contributed by atoms with Crippen LogP contribution in [-0.2, 0) is 14.3 Å². The SMILES string of the molecule is COc1ccccc1C(OC)c1ccc2oc3cc4c(cc3c2c1)N(C(=O)[C@H]1CC[C@H](C)CC1)C(C)OC4=O. The van der Waals surface area contributed by atoms with Crippen molar-refractivity contribution in [3.05, 3.63) is 71.3 Å². The Hall–Kier alpha value is -3.84. The minimum Gasteiger partial charge on any atom is -0.496 e. The highest BCUT2D eigenvalue weighted by Crippen LogP contribution is 2.41. The smallest absolute Gasteiger partial charge is 0.342 e. The summed E-state index contributed by atoms with van der Waals surface area (Å²) in [6.07, 6.45) is 2.75. The second kappa shape index (κ2) is 10.0. The van der Waals surface area contributed by atoms with Crippen LogP contribution in [0, 0.1) is 11.8 Å². The third-order valence-corrected chi connectivity index (χ3v) is 8.29. The van der Waals surface area contributed by atoms with E-state index in [1.54, 1.807) is 32.1 Å². The molecule has 1 aromatic heterocycles. The van der Waals surface area contributed by atoms with Crippen LogP contribution in [-0.4, -0.2) is 32.3 Å². The Balaban J connectivity index is 1.46. The number of benzene rings is 3. The molecule has 1 aliphatic heterocycles. The van der Waals surface area contributed by atoms with Crippen LogP contribution in [0.4, 0.5) is 5.69 Å². The van der Waals surface area contributed by atoms with Gasteiger partial charge in [-0.1, -0.05) is 31.2 Å². The number of carbonyl (C=O) groups excluding carboxylic acids is 2. The molecule has 0 bridgehead atoms. The molecule has 202 valence electrons. The summed E-state index contributed by atoms with van der Waals surface area (Å²) in [4.78, 5) is 28.3. The van der Waals surface area contributed by atoms with Gasteiger partial charge in [-0.2, -0.15) is 0 Å². The number of fused-ring (bicyclic) bond motifs is 4. The lowest BCUT2D eigenvalue weighted by molar-refractivity contribution is -0.125. The third-order valence-electron chi connectivity index (χ3n) is 8.29. The third kappa shape index (κ3) is 4.35. The van der Waals surface area contributed by atoms with E-state index in [9.17, 15) is 9.59 Å². The lowest BCUT2D eigenvalue weighted by atomic mass is 9.82. The molecule has 7 heteroatoms. The summed E-state index contributed by atoms with van der Waals surface area (Å²) in [5, 5.41) is 1.71. The van der Waals surface area contributed by atoms with E-state index in [0.29, 0.717) is 28.3 Å². The van der Waals surface area contributed by atoms with Gasteiger partial charge in [0.15, 0.2) is 6.23 Å². The van der Waals surface area contributed by atoms with Crippen molar-refractivity contribution in [3.8, 4) is 5.75 Å². The number of ether oxygens (including phenoxy) is 3. The molecule has 0 spiro atoms. The summed E-state index contributed by atoms with van der Waals surface area (Å²) in [5.41, 5.74) is 4.04. The molecule has 1 saturated carbocycles. The highest BCUT2D eigenvalue weighted by Gasteiger charge is 2.38. The van der Waals surface area contributed by atoms with Crippen LogP contribution in [0.1, 0.15) is 67.1 Å². The predicted octanol–water partition coefficient (Wildman–Crippen LogP) is 7.01. The van der Waals surface area contributed by atoms with E-state index in [1.165, 1.54) is 0 Å². The van der Waals surface area contributed by atoms with Gasteiger partial charge in [-0.05, 0) is 74.4 Å². The number of esters is 1. The molecule has 0 saturated heterocycles. The summed E-state index contributed by atoms with van der Waals surface area (Å²) in [6, 6.07) is 17.3. The van der Waals surface area contributed by atoms with Crippen LogP contribution in [0.5, 0.6) is 5.75 Å². The van der Waals surface area contributed by atoms with Gasteiger partial charge >= 0.3 is 5.97 Å². The Morgan fingerprint density at radius 2 is 1.69 bits per heavy atom. The largest absolute Gasteiger partial charge is 0.496 e. The molecule has 2 unspecified atom stereocenters. The summed E-state index contributed by atoms with van der Waals surface area (Å²) in [7, 11) is 3.32. The zero-order chi connectivity index (χ0) is 27.3. The minimum absolute atomic E-state index is 0.0200. The van der Waals surface area contributed by atoms with Crippen LogP contribution in [0.15, 0.2) is 59.0 Å². The molecule has 0 radical (unpaired) electrons. The van der Waals surface area contributed by atoms with Crippen LogP contribution in [0.2, 0.25) is 0 Å². The van der Waals surface area contributed by atoms with E-state index in [4.69, 9.17) is 18.6 Å². The van der Waals surface area contributed by atoms with E-state index in [-0.39, 0.29) is 17.9 Å². The molecule has 4 aromatic rings. The summed E-state index contributed by atoms with van der Waals surface area (Å²) in [6.45, 7) is 3.99. The number of carbonyl (C=O) groups is 2. The van der Waals surface area contributed by atoms with E-state index < -0.39 is 12.2 Å². The second-order valence-electron chi connectivity index (χ2n) is 10.8. The first-order chi connectivity index (χ1) is 18.9. The predicted molar refractivity (Wildman–Crippen MR) is 149 cm³/mol. The highest BCUT2D eigenvalue weighted by atomic mass is 16.6. The molecule has 1 amide bonds. The van der Waals surface area contributed by atoms with Crippen molar-refractivity contribution in [2.24, 2.45) is 11.8 Å². The van der Waals surface area contributed by atoms with Crippen molar-refractivity contribution in [3.63, 3.8) is 0 Å². The number of hydrogen-bond donors (Lipinski definition) is 0. The van der Waals surface area contributed by atoms with E-state index in [2.05, 4.69) is 6.92 Å². The van der Waals surface area contributed by atoms with Crippen LogP contribution in [0.25, 0.3) is 21.9 Å². The second-order valence-corrected chi connectivity index (χ2v) is 10.8. The van der Waals surface area contributed by atoms with Crippen molar-refractivity contribution < 1.29 is 28.2 Å². The molecule has 0 N–H and O–H groups in total. The van der Waals surface area contributed by atoms with Crippen LogP contribution >= 0.6 is 0 Å². The molecule has 1 aliphatic carbocycles. The Morgan fingerprint density at radius 1 is 0.949 bits per heavy atom. The number of rotatable bonds is 5. The number of para-hydroxylation sites is 1. The van der Waals surface area contributed by atoms with E-state index >= 15 is 0 Å². The average Bonchev–Trinajstić information content (AvgIpc) is 3.30. The lowest BCUT2D eigenvalue weighted by Crippen LogP contribution is -2.48. The Labute approximate surface area is 227 Å². The first-order valence-corrected chi connectivity index (χ1v) is 13.6. The highest BCUT2D eigenvalue weighted by molar-refractivity contribution is 6.13. The van der Waals surface area contributed by atoms with Gasteiger partial charge in [0.25, 0.3) is 0 Å². The van der Waals surface area contributed by atoms with Gasteiger partial charge < -0.3 is 18.6 Å².